The van der Waals surface area contributed by atoms with Crippen molar-refractivity contribution < 1.29 is 4.92 Å². The van der Waals surface area contributed by atoms with Crippen molar-refractivity contribution in [2.45, 2.75) is 44.9 Å². The van der Waals surface area contributed by atoms with Crippen LogP contribution in [0.4, 0.5) is 11.4 Å². The molecule has 4 heteroatoms. The predicted molar refractivity (Wildman–Crippen MR) is 98.7 cm³/mol. The molecule has 0 saturated carbocycles. The Morgan fingerprint density at radius 3 is 2.12 bits per heavy atom. The van der Waals surface area contributed by atoms with Gasteiger partial charge in [0.15, 0.2) is 0 Å². The number of nitro groups is 1. The minimum absolute atomic E-state index is 0.118. The zero-order valence-corrected chi connectivity index (χ0v) is 14.6. The van der Waals surface area contributed by atoms with E-state index >= 15 is 0 Å². The molecule has 0 unspecified atom stereocenters. The van der Waals surface area contributed by atoms with E-state index in [4.69, 9.17) is 0 Å². The fourth-order valence-corrected chi connectivity index (χ4v) is 4.27. The summed E-state index contributed by atoms with van der Waals surface area (Å²) in [5.74, 6) is 0. The van der Waals surface area contributed by atoms with Crippen molar-refractivity contribution in [2.24, 2.45) is 0 Å². The van der Waals surface area contributed by atoms with Crippen molar-refractivity contribution in [1.29, 1.82) is 0 Å². The SMILES string of the molecule is CCCC1(CCC)c2cc(NC)ccc2-c2ccc([N+](=O)[O-])cc21. The number of anilines is 1. The zero-order valence-electron chi connectivity index (χ0n) is 14.6. The van der Waals surface area contributed by atoms with Gasteiger partial charge in [-0.25, -0.2) is 0 Å². The van der Waals surface area contributed by atoms with E-state index in [1.165, 1.54) is 11.1 Å². The van der Waals surface area contributed by atoms with Crippen molar-refractivity contribution in [2.75, 3.05) is 12.4 Å². The van der Waals surface area contributed by atoms with Gasteiger partial charge in [0.05, 0.1) is 4.92 Å². The third kappa shape index (κ3) is 2.37. The highest BCUT2D eigenvalue weighted by atomic mass is 16.6. The molecule has 4 nitrogen and oxygen atoms in total. The van der Waals surface area contributed by atoms with E-state index in [1.807, 2.05) is 13.1 Å². The molecular weight excluding hydrogens is 300 g/mol. The van der Waals surface area contributed by atoms with Gasteiger partial charge in [-0.15, -0.1) is 0 Å². The molecular formula is C20H24N2O2. The molecule has 0 spiro atoms. The molecule has 1 aliphatic rings. The van der Waals surface area contributed by atoms with Gasteiger partial charge in [-0.3, -0.25) is 10.1 Å². The summed E-state index contributed by atoms with van der Waals surface area (Å²) >= 11 is 0. The predicted octanol–water partition coefficient (Wildman–Crippen LogP) is 5.50. The van der Waals surface area contributed by atoms with Crippen LogP contribution in [0.5, 0.6) is 0 Å². The van der Waals surface area contributed by atoms with Crippen LogP contribution < -0.4 is 5.32 Å². The van der Waals surface area contributed by atoms with Gasteiger partial charge in [-0.1, -0.05) is 32.8 Å². The van der Waals surface area contributed by atoms with Gasteiger partial charge in [0.2, 0.25) is 0 Å². The average Bonchev–Trinajstić information content (AvgIpc) is 2.85. The molecule has 0 aromatic heterocycles. The van der Waals surface area contributed by atoms with Gasteiger partial charge in [0.1, 0.15) is 0 Å². The third-order valence-corrected chi connectivity index (χ3v) is 5.20. The molecule has 0 aliphatic heterocycles. The fourth-order valence-electron chi connectivity index (χ4n) is 4.27. The molecule has 2 aromatic carbocycles. The molecule has 2 aromatic rings. The molecule has 0 atom stereocenters. The maximum absolute atomic E-state index is 11.3. The molecule has 1 aliphatic carbocycles. The van der Waals surface area contributed by atoms with E-state index in [0.717, 1.165) is 42.5 Å². The summed E-state index contributed by atoms with van der Waals surface area (Å²) in [5, 5.41) is 14.5. The standard InChI is InChI=1S/C20H24N2O2/c1-4-10-20(11-5-2)18-12-14(21-3)6-8-16(18)17-9-7-15(22(23)24)13-19(17)20/h6-9,12-13,21H,4-5,10-11H2,1-3H3. The summed E-state index contributed by atoms with van der Waals surface area (Å²) in [6, 6.07) is 11.8. The van der Waals surface area contributed by atoms with Gasteiger partial charge in [-0.2, -0.15) is 0 Å². The Morgan fingerprint density at radius 2 is 1.58 bits per heavy atom. The van der Waals surface area contributed by atoms with E-state index in [-0.39, 0.29) is 16.0 Å². The van der Waals surface area contributed by atoms with Gasteiger partial charge in [0, 0.05) is 30.3 Å². The first-order chi connectivity index (χ1) is 11.6. The topological polar surface area (TPSA) is 55.2 Å². The van der Waals surface area contributed by atoms with E-state index in [1.54, 1.807) is 12.1 Å². The quantitative estimate of drug-likeness (QED) is 0.563. The van der Waals surface area contributed by atoms with Crippen LogP contribution in [0, 0.1) is 10.1 Å². The molecule has 0 heterocycles. The second-order valence-corrected chi connectivity index (χ2v) is 6.58. The summed E-state index contributed by atoms with van der Waals surface area (Å²) in [6.07, 6.45) is 4.11. The number of nitro benzene ring substituents is 1. The summed E-state index contributed by atoms with van der Waals surface area (Å²) in [7, 11) is 1.93. The Bertz CT molecular complexity index is 777. The second-order valence-electron chi connectivity index (χ2n) is 6.58. The minimum Gasteiger partial charge on any atom is -0.388 e. The molecule has 0 saturated heterocycles. The highest BCUT2D eigenvalue weighted by molar-refractivity contribution is 5.83. The normalized spacial score (nSPS) is 14.1. The lowest BCUT2D eigenvalue weighted by Gasteiger charge is -2.32. The molecule has 0 radical (unpaired) electrons. The number of rotatable bonds is 6. The first kappa shape index (κ1) is 16.5. The number of hydrogen-bond donors (Lipinski definition) is 1. The van der Waals surface area contributed by atoms with Crippen molar-refractivity contribution >= 4 is 11.4 Å². The Kier molecular flexibility index (Phi) is 4.31. The summed E-state index contributed by atoms with van der Waals surface area (Å²) in [6.45, 7) is 4.38. The molecule has 1 N–H and O–H groups in total. The third-order valence-electron chi connectivity index (χ3n) is 5.20. The summed E-state index contributed by atoms with van der Waals surface area (Å²) < 4.78 is 0. The van der Waals surface area contributed by atoms with Crippen molar-refractivity contribution in [3.63, 3.8) is 0 Å². The van der Waals surface area contributed by atoms with Crippen LogP contribution in [0.2, 0.25) is 0 Å². The van der Waals surface area contributed by atoms with Crippen LogP contribution >= 0.6 is 0 Å². The molecule has 0 amide bonds. The van der Waals surface area contributed by atoms with Crippen LogP contribution in [-0.2, 0) is 5.41 Å². The molecule has 3 rings (SSSR count). The fraction of sp³-hybridized carbons (Fsp3) is 0.400. The first-order valence-electron chi connectivity index (χ1n) is 8.69. The monoisotopic (exact) mass is 324 g/mol. The molecule has 126 valence electrons. The summed E-state index contributed by atoms with van der Waals surface area (Å²) in [4.78, 5) is 11.0. The van der Waals surface area contributed by atoms with Crippen LogP contribution in [0.25, 0.3) is 11.1 Å². The van der Waals surface area contributed by atoms with Crippen molar-refractivity contribution in [3.05, 3.63) is 57.6 Å². The minimum atomic E-state index is -0.287. The van der Waals surface area contributed by atoms with E-state index in [9.17, 15) is 10.1 Å². The average molecular weight is 324 g/mol. The number of nitrogens with one attached hydrogen (secondary N) is 1. The number of nitrogens with zero attached hydrogens (tertiary/aromatic N) is 1. The van der Waals surface area contributed by atoms with Gasteiger partial charge < -0.3 is 5.32 Å². The maximum atomic E-state index is 11.3. The smallest absolute Gasteiger partial charge is 0.269 e. The van der Waals surface area contributed by atoms with Gasteiger partial charge in [-0.05, 0) is 53.3 Å². The highest BCUT2D eigenvalue weighted by Crippen LogP contribution is 2.55. The highest BCUT2D eigenvalue weighted by Gasteiger charge is 2.42. The van der Waals surface area contributed by atoms with Gasteiger partial charge >= 0.3 is 0 Å². The lowest BCUT2D eigenvalue weighted by molar-refractivity contribution is -0.384. The van der Waals surface area contributed by atoms with Crippen molar-refractivity contribution in [3.8, 4) is 11.1 Å². The lowest BCUT2D eigenvalue weighted by Crippen LogP contribution is -2.25. The maximum Gasteiger partial charge on any atom is 0.269 e. The Hall–Kier alpha value is -2.36. The number of non-ortho nitro benzene ring substituents is 1. The first-order valence-corrected chi connectivity index (χ1v) is 8.69. The number of benzene rings is 2. The lowest BCUT2D eigenvalue weighted by atomic mass is 9.71. The van der Waals surface area contributed by atoms with E-state index in [0.29, 0.717) is 0 Å². The van der Waals surface area contributed by atoms with Crippen LogP contribution in [0.3, 0.4) is 0 Å². The number of fused-ring (bicyclic) bond motifs is 3. The largest absolute Gasteiger partial charge is 0.388 e. The number of hydrogen-bond acceptors (Lipinski definition) is 3. The van der Waals surface area contributed by atoms with Crippen LogP contribution in [0.1, 0.15) is 50.7 Å². The Morgan fingerprint density at radius 1 is 1.00 bits per heavy atom. The molecule has 24 heavy (non-hydrogen) atoms. The van der Waals surface area contributed by atoms with E-state index < -0.39 is 0 Å². The van der Waals surface area contributed by atoms with Crippen molar-refractivity contribution in [1.82, 2.24) is 0 Å². The molecule has 0 bridgehead atoms. The Balaban J connectivity index is 2.30. The second kappa shape index (κ2) is 6.27. The van der Waals surface area contributed by atoms with Crippen LogP contribution in [-0.4, -0.2) is 12.0 Å². The molecule has 0 fully saturated rings. The Labute approximate surface area is 143 Å². The summed E-state index contributed by atoms with van der Waals surface area (Å²) in [5.41, 5.74) is 5.98. The van der Waals surface area contributed by atoms with Gasteiger partial charge in [0.25, 0.3) is 5.69 Å². The van der Waals surface area contributed by atoms with E-state index in [2.05, 4.69) is 37.4 Å². The van der Waals surface area contributed by atoms with Crippen LogP contribution in [0.15, 0.2) is 36.4 Å². The zero-order chi connectivity index (χ0) is 17.3.